The van der Waals surface area contributed by atoms with Crippen molar-refractivity contribution in [3.8, 4) is 0 Å². The van der Waals surface area contributed by atoms with Crippen LogP contribution in [0.2, 0.25) is 0 Å². The van der Waals surface area contributed by atoms with E-state index in [-0.39, 0.29) is 24.6 Å². The Hall–Kier alpha value is -1.07. The van der Waals surface area contributed by atoms with Gasteiger partial charge in [-0.05, 0) is 37.6 Å². The van der Waals surface area contributed by atoms with E-state index in [1.165, 1.54) is 19.5 Å². The van der Waals surface area contributed by atoms with Crippen LogP contribution in [-0.2, 0) is 0 Å². The molecule has 22 heavy (non-hydrogen) atoms. The Labute approximate surface area is 134 Å². The van der Waals surface area contributed by atoms with Crippen molar-refractivity contribution in [2.24, 2.45) is 17.8 Å². The lowest BCUT2D eigenvalue weighted by molar-refractivity contribution is 0.139. The molecule has 2 amide bonds. The lowest BCUT2D eigenvalue weighted by Gasteiger charge is -2.34. The van der Waals surface area contributed by atoms with Crippen LogP contribution in [0, 0.1) is 17.8 Å². The number of urea groups is 1. The molecule has 3 N–H and O–H groups in total. The van der Waals surface area contributed by atoms with Crippen LogP contribution in [-0.4, -0.2) is 54.9 Å². The number of hydrogen-bond donors (Lipinski definition) is 3. The third kappa shape index (κ3) is 5.61. The summed E-state index contributed by atoms with van der Waals surface area (Å²) < 4.78 is 0. The molecule has 0 aromatic carbocycles. The van der Waals surface area contributed by atoms with Gasteiger partial charge in [-0.2, -0.15) is 0 Å². The molecular weight excluding hydrogens is 278 g/mol. The van der Waals surface area contributed by atoms with Gasteiger partial charge >= 0.3 is 6.03 Å². The lowest BCUT2D eigenvalue weighted by atomic mass is 9.92. The SMILES string of the molecule is CC1CC(C)CN(CCCNC(=O)N[C@@H]2C=C[C@H](CO)C2)C1. The van der Waals surface area contributed by atoms with Gasteiger partial charge in [0, 0.05) is 38.2 Å². The number of piperidine rings is 1. The second-order valence-corrected chi connectivity index (χ2v) is 7.13. The molecule has 5 nitrogen and oxygen atoms in total. The number of hydrogen-bond acceptors (Lipinski definition) is 3. The maximum atomic E-state index is 11.8. The summed E-state index contributed by atoms with van der Waals surface area (Å²) >= 11 is 0. The molecule has 1 aliphatic heterocycles. The van der Waals surface area contributed by atoms with E-state index in [1.807, 2.05) is 12.2 Å². The number of nitrogens with one attached hydrogen (secondary N) is 2. The van der Waals surface area contributed by atoms with Crippen LogP contribution in [0.25, 0.3) is 0 Å². The Bertz CT molecular complexity index is 376. The van der Waals surface area contributed by atoms with Crippen molar-refractivity contribution in [2.75, 3.05) is 32.8 Å². The highest BCUT2D eigenvalue weighted by Crippen LogP contribution is 2.20. The predicted molar refractivity (Wildman–Crippen MR) is 88.7 cm³/mol. The molecule has 0 spiro atoms. The number of likely N-dealkylation sites (tertiary alicyclic amines) is 1. The summed E-state index contributed by atoms with van der Waals surface area (Å²) in [5.41, 5.74) is 0. The highest BCUT2D eigenvalue weighted by atomic mass is 16.3. The molecule has 0 bridgehead atoms. The first-order valence-electron chi connectivity index (χ1n) is 8.62. The van der Waals surface area contributed by atoms with E-state index in [0.29, 0.717) is 6.54 Å². The summed E-state index contributed by atoms with van der Waals surface area (Å²) in [7, 11) is 0. The molecule has 1 heterocycles. The van der Waals surface area contributed by atoms with Gasteiger partial charge < -0.3 is 20.6 Å². The molecule has 126 valence electrons. The van der Waals surface area contributed by atoms with Crippen molar-refractivity contribution in [2.45, 2.75) is 39.2 Å². The average molecular weight is 309 g/mol. The summed E-state index contributed by atoms with van der Waals surface area (Å²) in [5.74, 6) is 1.76. The minimum Gasteiger partial charge on any atom is -0.396 e. The zero-order chi connectivity index (χ0) is 15.9. The van der Waals surface area contributed by atoms with Crippen LogP contribution >= 0.6 is 0 Å². The first-order chi connectivity index (χ1) is 10.6. The number of carbonyl (C=O) groups is 1. The number of aliphatic hydroxyl groups excluding tert-OH is 1. The van der Waals surface area contributed by atoms with Gasteiger partial charge in [-0.1, -0.05) is 26.0 Å². The van der Waals surface area contributed by atoms with Crippen molar-refractivity contribution in [3.05, 3.63) is 12.2 Å². The molecule has 1 saturated heterocycles. The van der Waals surface area contributed by atoms with Crippen molar-refractivity contribution >= 4 is 6.03 Å². The minimum atomic E-state index is -0.103. The molecule has 0 aromatic heterocycles. The highest BCUT2D eigenvalue weighted by Gasteiger charge is 2.21. The van der Waals surface area contributed by atoms with Crippen LogP contribution in [0.1, 0.15) is 33.1 Å². The lowest BCUT2D eigenvalue weighted by Crippen LogP contribution is -2.43. The van der Waals surface area contributed by atoms with E-state index in [4.69, 9.17) is 5.11 Å². The predicted octanol–water partition coefficient (Wildman–Crippen LogP) is 1.59. The Balaban J connectivity index is 1.55. The summed E-state index contributed by atoms with van der Waals surface area (Å²) in [6.07, 6.45) is 7.07. The van der Waals surface area contributed by atoms with Crippen LogP contribution < -0.4 is 10.6 Å². The van der Waals surface area contributed by atoms with Gasteiger partial charge in [-0.25, -0.2) is 4.79 Å². The zero-order valence-electron chi connectivity index (χ0n) is 13.9. The fourth-order valence-electron chi connectivity index (χ4n) is 3.72. The highest BCUT2D eigenvalue weighted by molar-refractivity contribution is 5.74. The molecule has 2 aliphatic rings. The first-order valence-corrected chi connectivity index (χ1v) is 8.62. The van der Waals surface area contributed by atoms with Gasteiger partial charge in [-0.15, -0.1) is 0 Å². The Morgan fingerprint density at radius 2 is 1.95 bits per heavy atom. The van der Waals surface area contributed by atoms with Crippen molar-refractivity contribution in [1.82, 2.24) is 15.5 Å². The number of nitrogens with zero attached hydrogens (tertiary/aromatic N) is 1. The van der Waals surface area contributed by atoms with Gasteiger partial charge in [0.25, 0.3) is 0 Å². The van der Waals surface area contributed by atoms with Crippen molar-refractivity contribution < 1.29 is 9.90 Å². The van der Waals surface area contributed by atoms with E-state index in [1.54, 1.807) is 0 Å². The number of rotatable bonds is 6. The number of amides is 2. The summed E-state index contributed by atoms with van der Waals surface area (Å²) in [4.78, 5) is 14.3. The van der Waals surface area contributed by atoms with Gasteiger partial charge in [0.15, 0.2) is 0 Å². The maximum absolute atomic E-state index is 11.8. The zero-order valence-corrected chi connectivity index (χ0v) is 13.9. The van der Waals surface area contributed by atoms with Crippen LogP contribution in [0.5, 0.6) is 0 Å². The third-order valence-electron chi connectivity index (χ3n) is 4.60. The molecule has 2 unspecified atom stereocenters. The minimum absolute atomic E-state index is 0.0564. The molecule has 2 rings (SSSR count). The summed E-state index contributed by atoms with van der Waals surface area (Å²) in [6, 6.07) is -0.0467. The van der Waals surface area contributed by atoms with Crippen LogP contribution in [0.4, 0.5) is 4.79 Å². The molecule has 4 atom stereocenters. The molecular formula is C17H31N3O2. The molecule has 0 aromatic rings. The second kappa shape index (κ2) is 8.53. The monoisotopic (exact) mass is 309 g/mol. The quantitative estimate of drug-likeness (QED) is 0.516. The molecule has 1 aliphatic carbocycles. The van der Waals surface area contributed by atoms with Crippen LogP contribution in [0.3, 0.4) is 0 Å². The van der Waals surface area contributed by atoms with Gasteiger partial charge in [0.2, 0.25) is 0 Å². The van der Waals surface area contributed by atoms with Gasteiger partial charge in [-0.3, -0.25) is 0 Å². The summed E-state index contributed by atoms with van der Waals surface area (Å²) in [6.45, 7) is 8.95. The van der Waals surface area contributed by atoms with Gasteiger partial charge in [0.1, 0.15) is 0 Å². The molecule has 1 fully saturated rings. The molecule has 0 saturated carbocycles. The standard InChI is InChI=1S/C17H31N3O2/c1-13-8-14(2)11-20(10-13)7-3-6-18-17(22)19-16-5-4-15(9-16)12-21/h4-5,13-16,21H,3,6-12H2,1-2H3,(H2,18,19,22)/t13?,14?,15-,16+/m0/s1. The maximum Gasteiger partial charge on any atom is 0.315 e. The van der Waals surface area contributed by atoms with E-state index in [0.717, 1.165) is 31.2 Å². The Morgan fingerprint density at radius 1 is 1.23 bits per heavy atom. The molecule has 0 radical (unpaired) electrons. The normalized spacial score (nSPS) is 32.1. The molecule has 5 heteroatoms. The van der Waals surface area contributed by atoms with Crippen molar-refractivity contribution in [3.63, 3.8) is 0 Å². The largest absolute Gasteiger partial charge is 0.396 e. The van der Waals surface area contributed by atoms with E-state index in [2.05, 4.69) is 29.4 Å². The Kier molecular flexibility index (Phi) is 6.70. The average Bonchev–Trinajstić information content (AvgIpc) is 2.90. The topological polar surface area (TPSA) is 64.6 Å². The van der Waals surface area contributed by atoms with Crippen molar-refractivity contribution in [1.29, 1.82) is 0 Å². The Morgan fingerprint density at radius 3 is 2.59 bits per heavy atom. The van der Waals surface area contributed by atoms with E-state index in [9.17, 15) is 4.79 Å². The first kappa shape index (κ1) is 17.3. The number of carbonyl (C=O) groups excluding carboxylic acids is 1. The van der Waals surface area contributed by atoms with E-state index < -0.39 is 0 Å². The smallest absolute Gasteiger partial charge is 0.315 e. The second-order valence-electron chi connectivity index (χ2n) is 7.13. The van der Waals surface area contributed by atoms with E-state index >= 15 is 0 Å². The number of aliphatic hydroxyl groups is 1. The summed E-state index contributed by atoms with van der Waals surface area (Å²) in [5, 5.41) is 14.9. The van der Waals surface area contributed by atoms with Crippen LogP contribution in [0.15, 0.2) is 12.2 Å². The third-order valence-corrected chi connectivity index (χ3v) is 4.60. The fourth-order valence-corrected chi connectivity index (χ4v) is 3.72. The fraction of sp³-hybridized carbons (Fsp3) is 0.824. The van der Waals surface area contributed by atoms with Gasteiger partial charge in [0.05, 0.1) is 0 Å².